The van der Waals surface area contributed by atoms with Crippen LogP contribution < -0.4 is 15.2 Å². The van der Waals surface area contributed by atoms with Crippen molar-refractivity contribution in [2.24, 2.45) is 0 Å². The van der Waals surface area contributed by atoms with Crippen molar-refractivity contribution >= 4 is 51.7 Å². The first-order valence-electron chi connectivity index (χ1n) is 6.65. The van der Waals surface area contributed by atoms with E-state index in [4.69, 9.17) is 50.0 Å². The summed E-state index contributed by atoms with van der Waals surface area (Å²) in [6.07, 6.45) is 1.54. The van der Waals surface area contributed by atoms with E-state index in [1.54, 1.807) is 18.3 Å². The van der Waals surface area contributed by atoms with Gasteiger partial charge in [-0.05, 0) is 17.7 Å². The molecule has 0 amide bonds. The van der Waals surface area contributed by atoms with Gasteiger partial charge in [0.1, 0.15) is 17.3 Å². The Hall–Kier alpha value is -2.02. The highest BCUT2D eigenvalue weighted by Crippen LogP contribution is 2.47. The molecule has 0 atom stereocenters. The summed E-state index contributed by atoms with van der Waals surface area (Å²) >= 11 is 18.6. The standard InChI is InChI=1S/C15H11Cl3N4O2/c1-23-8-4-9(24-2)12(17)10(11(8)16)7-3-6-5-20-15(18)22-14(6)21-13(7)19/h3-5H,1-2H3,(H2,19,20,21,22). The van der Waals surface area contributed by atoms with E-state index < -0.39 is 0 Å². The highest BCUT2D eigenvalue weighted by Gasteiger charge is 2.21. The number of rotatable bonds is 3. The molecule has 2 N–H and O–H groups in total. The lowest BCUT2D eigenvalue weighted by Gasteiger charge is -2.16. The lowest BCUT2D eigenvalue weighted by molar-refractivity contribution is 0.395. The van der Waals surface area contributed by atoms with Crippen LogP contribution >= 0.6 is 34.8 Å². The quantitative estimate of drug-likeness (QED) is 0.679. The van der Waals surface area contributed by atoms with Gasteiger partial charge in [-0.25, -0.2) is 9.97 Å². The SMILES string of the molecule is COc1cc(OC)c(Cl)c(-c2cc3cnc(Cl)nc3nc2N)c1Cl. The van der Waals surface area contributed by atoms with E-state index in [0.717, 1.165) is 0 Å². The van der Waals surface area contributed by atoms with Crippen molar-refractivity contribution in [3.63, 3.8) is 0 Å². The third-order valence-corrected chi connectivity index (χ3v) is 4.34. The van der Waals surface area contributed by atoms with Crippen molar-refractivity contribution < 1.29 is 9.47 Å². The number of aromatic nitrogens is 3. The Balaban J connectivity index is 2.34. The average Bonchev–Trinajstić information content (AvgIpc) is 2.55. The van der Waals surface area contributed by atoms with E-state index in [1.165, 1.54) is 14.2 Å². The maximum Gasteiger partial charge on any atom is 0.224 e. The van der Waals surface area contributed by atoms with Crippen LogP contribution in [-0.4, -0.2) is 29.2 Å². The number of pyridine rings is 1. The maximum atomic E-state index is 6.43. The molecule has 2 heterocycles. The molecule has 3 aromatic rings. The van der Waals surface area contributed by atoms with Gasteiger partial charge in [0.15, 0.2) is 5.65 Å². The van der Waals surface area contributed by atoms with Gasteiger partial charge >= 0.3 is 0 Å². The van der Waals surface area contributed by atoms with Gasteiger partial charge < -0.3 is 15.2 Å². The number of halogens is 3. The van der Waals surface area contributed by atoms with E-state index in [1.807, 2.05) is 0 Å². The molecule has 2 aromatic heterocycles. The summed E-state index contributed by atoms with van der Waals surface area (Å²) < 4.78 is 10.5. The predicted octanol–water partition coefficient (Wildman–Crippen LogP) is 4.25. The number of ether oxygens (including phenoxy) is 2. The first-order chi connectivity index (χ1) is 11.5. The summed E-state index contributed by atoms with van der Waals surface area (Å²) in [5.41, 5.74) is 7.42. The van der Waals surface area contributed by atoms with Crippen LogP contribution in [0.1, 0.15) is 0 Å². The molecule has 0 unspecified atom stereocenters. The zero-order valence-electron chi connectivity index (χ0n) is 12.6. The smallest absolute Gasteiger partial charge is 0.224 e. The van der Waals surface area contributed by atoms with Crippen LogP contribution in [0.3, 0.4) is 0 Å². The van der Waals surface area contributed by atoms with E-state index in [0.29, 0.717) is 43.7 Å². The molecule has 0 saturated heterocycles. The Morgan fingerprint density at radius 2 is 1.58 bits per heavy atom. The van der Waals surface area contributed by atoms with Gasteiger partial charge in [0.2, 0.25) is 5.28 Å². The van der Waals surface area contributed by atoms with Gasteiger partial charge in [0.05, 0.1) is 24.3 Å². The molecule has 0 aliphatic heterocycles. The molecule has 0 aliphatic rings. The molecular weight excluding hydrogens is 375 g/mol. The Morgan fingerprint density at radius 1 is 0.958 bits per heavy atom. The molecular formula is C15H11Cl3N4O2. The fraction of sp³-hybridized carbons (Fsp3) is 0.133. The number of methoxy groups -OCH3 is 2. The minimum Gasteiger partial charge on any atom is -0.495 e. The second-order valence-electron chi connectivity index (χ2n) is 4.76. The van der Waals surface area contributed by atoms with Crippen molar-refractivity contribution in [1.82, 2.24) is 15.0 Å². The number of nitrogens with zero attached hydrogens (tertiary/aromatic N) is 3. The fourth-order valence-corrected chi connectivity index (χ4v) is 3.11. The topological polar surface area (TPSA) is 83.2 Å². The minimum absolute atomic E-state index is 0.0845. The van der Waals surface area contributed by atoms with E-state index in [9.17, 15) is 0 Å². The number of hydrogen-bond acceptors (Lipinski definition) is 6. The van der Waals surface area contributed by atoms with Crippen LogP contribution in [0.5, 0.6) is 11.5 Å². The molecule has 24 heavy (non-hydrogen) atoms. The zero-order chi connectivity index (χ0) is 17.4. The van der Waals surface area contributed by atoms with Gasteiger partial charge in [-0.1, -0.05) is 23.2 Å². The summed E-state index contributed by atoms with van der Waals surface area (Å²) in [4.78, 5) is 12.2. The maximum absolute atomic E-state index is 6.43. The van der Waals surface area contributed by atoms with Crippen LogP contribution in [0.25, 0.3) is 22.2 Å². The molecule has 124 valence electrons. The number of benzene rings is 1. The Labute approximate surface area is 152 Å². The summed E-state index contributed by atoms with van der Waals surface area (Å²) in [5.74, 6) is 0.996. The summed E-state index contributed by atoms with van der Waals surface area (Å²) in [5, 5.41) is 1.32. The summed E-state index contributed by atoms with van der Waals surface area (Å²) in [6.45, 7) is 0. The van der Waals surface area contributed by atoms with Gasteiger partial charge in [-0.2, -0.15) is 4.98 Å². The van der Waals surface area contributed by atoms with Gasteiger partial charge in [-0.15, -0.1) is 0 Å². The van der Waals surface area contributed by atoms with Crippen LogP contribution in [0.4, 0.5) is 5.82 Å². The molecule has 0 bridgehead atoms. The van der Waals surface area contributed by atoms with Gasteiger partial charge in [0.25, 0.3) is 0 Å². The number of anilines is 1. The molecule has 9 heteroatoms. The second-order valence-corrected chi connectivity index (χ2v) is 5.85. The Bertz CT molecular complexity index is 922. The number of hydrogen-bond donors (Lipinski definition) is 1. The van der Waals surface area contributed by atoms with E-state index >= 15 is 0 Å². The van der Waals surface area contributed by atoms with Gasteiger partial charge in [-0.3, -0.25) is 0 Å². The van der Waals surface area contributed by atoms with Crippen molar-refractivity contribution in [3.8, 4) is 22.6 Å². The number of nitrogen functional groups attached to an aromatic ring is 1. The second kappa shape index (κ2) is 6.47. The highest BCUT2D eigenvalue weighted by molar-refractivity contribution is 6.41. The molecule has 0 fully saturated rings. The van der Waals surface area contributed by atoms with Crippen molar-refractivity contribution in [2.45, 2.75) is 0 Å². The predicted molar refractivity (Wildman–Crippen MR) is 95.3 cm³/mol. The third kappa shape index (κ3) is 2.77. The first kappa shape index (κ1) is 16.8. The molecule has 0 aliphatic carbocycles. The van der Waals surface area contributed by atoms with Crippen LogP contribution in [0.2, 0.25) is 15.3 Å². The minimum atomic E-state index is 0.0845. The molecule has 1 aromatic carbocycles. The van der Waals surface area contributed by atoms with E-state index in [-0.39, 0.29) is 11.1 Å². The monoisotopic (exact) mass is 384 g/mol. The van der Waals surface area contributed by atoms with Crippen LogP contribution in [0.15, 0.2) is 18.3 Å². The molecule has 0 radical (unpaired) electrons. The molecule has 6 nitrogen and oxygen atoms in total. The lowest BCUT2D eigenvalue weighted by Crippen LogP contribution is -2.00. The Morgan fingerprint density at radius 3 is 2.17 bits per heavy atom. The number of nitrogens with two attached hydrogens (primary N) is 1. The largest absolute Gasteiger partial charge is 0.495 e. The molecule has 0 spiro atoms. The fourth-order valence-electron chi connectivity index (χ4n) is 2.28. The van der Waals surface area contributed by atoms with Crippen molar-refractivity contribution in [1.29, 1.82) is 0 Å². The normalized spacial score (nSPS) is 10.9. The van der Waals surface area contributed by atoms with E-state index in [2.05, 4.69) is 15.0 Å². The lowest BCUT2D eigenvalue weighted by atomic mass is 10.0. The van der Waals surface area contributed by atoms with Crippen LogP contribution in [0, 0.1) is 0 Å². The van der Waals surface area contributed by atoms with Crippen LogP contribution in [-0.2, 0) is 0 Å². The zero-order valence-corrected chi connectivity index (χ0v) is 14.9. The first-order valence-corrected chi connectivity index (χ1v) is 7.78. The number of fused-ring (bicyclic) bond motifs is 1. The third-order valence-electron chi connectivity index (χ3n) is 3.41. The van der Waals surface area contributed by atoms with Crippen molar-refractivity contribution in [2.75, 3.05) is 20.0 Å². The Kier molecular flexibility index (Phi) is 4.54. The highest BCUT2D eigenvalue weighted by atomic mass is 35.5. The summed E-state index contributed by atoms with van der Waals surface area (Å²) in [6, 6.07) is 3.34. The molecule has 3 rings (SSSR count). The average molecular weight is 386 g/mol. The molecule has 0 saturated carbocycles. The summed E-state index contributed by atoms with van der Waals surface area (Å²) in [7, 11) is 2.99. The van der Waals surface area contributed by atoms with Crippen molar-refractivity contribution in [3.05, 3.63) is 33.7 Å². The van der Waals surface area contributed by atoms with Gasteiger partial charge in [0, 0.05) is 28.8 Å².